The van der Waals surface area contributed by atoms with Crippen LogP contribution in [0, 0.1) is 5.82 Å². The second-order valence-corrected chi connectivity index (χ2v) is 6.63. The summed E-state index contributed by atoms with van der Waals surface area (Å²) in [6, 6.07) is 3.96. The van der Waals surface area contributed by atoms with Crippen LogP contribution in [0.4, 0.5) is 10.1 Å². The first-order chi connectivity index (χ1) is 12.0. The molecule has 0 bridgehead atoms. The minimum atomic E-state index is -0.548. The van der Waals surface area contributed by atoms with Crippen molar-refractivity contribution in [2.75, 3.05) is 5.32 Å². The molecule has 0 aliphatic rings. The Bertz CT molecular complexity index is 872. The average Bonchev–Trinajstić information content (AvgIpc) is 3.23. The van der Waals surface area contributed by atoms with Crippen molar-refractivity contribution in [1.29, 1.82) is 0 Å². The van der Waals surface area contributed by atoms with E-state index in [0.29, 0.717) is 18.1 Å². The lowest BCUT2D eigenvalue weighted by molar-refractivity contribution is -0.115. The summed E-state index contributed by atoms with van der Waals surface area (Å²) >= 11 is 6.80. The molecule has 1 aromatic carbocycles. The first-order valence-corrected chi connectivity index (χ1v) is 8.34. The quantitative estimate of drug-likeness (QED) is 0.654. The zero-order valence-electron chi connectivity index (χ0n) is 12.9. The van der Waals surface area contributed by atoms with Crippen LogP contribution in [-0.4, -0.2) is 36.1 Å². The molecule has 0 radical (unpaired) electrons. The molecule has 11 heteroatoms. The zero-order chi connectivity index (χ0) is 17.8. The number of amides is 1. The number of halogens is 2. The maximum absolute atomic E-state index is 13.1. The van der Waals surface area contributed by atoms with Gasteiger partial charge in [0.2, 0.25) is 11.8 Å². The van der Waals surface area contributed by atoms with Gasteiger partial charge in [0.1, 0.15) is 25.0 Å². The number of hydrogen-bond donors (Lipinski definition) is 1. The van der Waals surface area contributed by atoms with Crippen molar-refractivity contribution in [2.45, 2.75) is 23.9 Å². The molecule has 0 fully saturated rings. The fraction of sp³-hybridized carbons (Fsp3) is 0.214. The molecular formula is C14H12ClFN6O2S. The number of carbonyl (C=O) groups is 1. The second kappa shape index (κ2) is 7.62. The SMILES string of the molecule is CC(Sc1nnc(Cn2cncn2)o1)C(=O)Nc1ccc(F)c(Cl)c1. The molecule has 1 N–H and O–H groups in total. The topological polar surface area (TPSA) is 98.7 Å². The molecule has 2 heterocycles. The van der Waals surface area contributed by atoms with Crippen molar-refractivity contribution in [3.05, 3.63) is 47.6 Å². The molecular weight excluding hydrogens is 371 g/mol. The number of nitrogens with one attached hydrogen (secondary N) is 1. The van der Waals surface area contributed by atoms with Crippen molar-refractivity contribution in [2.24, 2.45) is 0 Å². The molecule has 0 spiro atoms. The normalized spacial score (nSPS) is 12.1. The predicted octanol–water partition coefficient (Wildman–Crippen LogP) is 2.62. The summed E-state index contributed by atoms with van der Waals surface area (Å²) < 4.78 is 20.1. The molecule has 0 aliphatic heterocycles. The highest BCUT2D eigenvalue weighted by molar-refractivity contribution is 8.00. The first kappa shape index (κ1) is 17.4. The van der Waals surface area contributed by atoms with E-state index in [0.717, 1.165) is 11.8 Å². The maximum Gasteiger partial charge on any atom is 0.277 e. The number of rotatable bonds is 6. The third-order valence-electron chi connectivity index (χ3n) is 3.05. The van der Waals surface area contributed by atoms with Crippen LogP contribution in [0.5, 0.6) is 0 Å². The fourth-order valence-electron chi connectivity index (χ4n) is 1.83. The third kappa shape index (κ3) is 4.54. The molecule has 130 valence electrons. The van der Waals surface area contributed by atoms with E-state index >= 15 is 0 Å². The molecule has 0 saturated heterocycles. The zero-order valence-corrected chi connectivity index (χ0v) is 14.5. The van der Waals surface area contributed by atoms with Crippen LogP contribution in [0.3, 0.4) is 0 Å². The fourth-order valence-corrected chi connectivity index (χ4v) is 2.71. The lowest BCUT2D eigenvalue weighted by Gasteiger charge is -2.10. The highest BCUT2D eigenvalue weighted by atomic mass is 35.5. The van der Waals surface area contributed by atoms with Gasteiger partial charge in [-0.05, 0) is 25.1 Å². The number of benzene rings is 1. The van der Waals surface area contributed by atoms with E-state index in [-0.39, 0.29) is 16.2 Å². The molecule has 0 saturated carbocycles. The van der Waals surface area contributed by atoms with E-state index in [1.54, 1.807) is 6.92 Å². The van der Waals surface area contributed by atoms with Crippen LogP contribution in [0.15, 0.2) is 40.5 Å². The summed E-state index contributed by atoms with van der Waals surface area (Å²) in [5.41, 5.74) is 0.404. The van der Waals surface area contributed by atoms with Crippen LogP contribution in [0.25, 0.3) is 0 Å². The molecule has 1 atom stereocenters. The monoisotopic (exact) mass is 382 g/mol. The molecule has 3 aromatic rings. The molecule has 25 heavy (non-hydrogen) atoms. The van der Waals surface area contributed by atoms with Gasteiger partial charge in [0.25, 0.3) is 5.22 Å². The summed E-state index contributed by atoms with van der Waals surface area (Å²) in [5, 5.41) is 14.1. The van der Waals surface area contributed by atoms with Crippen molar-refractivity contribution >= 4 is 35.0 Å². The lowest BCUT2D eigenvalue weighted by Crippen LogP contribution is -2.22. The van der Waals surface area contributed by atoms with Gasteiger partial charge in [-0.25, -0.2) is 14.1 Å². The number of thioether (sulfide) groups is 1. The van der Waals surface area contributed by atoms with Crippen molar-refractivity contribution < 1.29 is 13.6 Å². The summed E-state index contributed by atoms with van der Waals surface area (Å²) in [5.74, 6) is -0.498. The van der Waals surface area contributed by atoms with E-state index in [2.05, 4.69) is 25.6 Å². The summed E-state index contributed by atoms with van der Waals surface area (Å²) in [6.45, 7) is 1.98. The van der Waals surface area contributed by atoms with E-state index in [1.807, 2.05) is 0 Å². The number of nitrogens with zero attached hydrogens (tertiary/aromatic N) is 5. The Kier molecular flexibility index (Phi) is 5.29. The Balaban J connectivity index is 1.57. The predicted molar refractivity (Wildman–Crippen MR) is 88.8 cm³/mol. The Morgan fingerprint density at radius 1 is 1.48 bits per heavy atom. The number of anilines is 1. The molecule has 0 aliphatic carbocycles. The van der Waals surface area contributed by atoms with E-state index in [9.17, 15) is 9.18 Å². The van der Waals surface area contributed by atoms with Crippen molar-refractivity contribution in [3.8, 4) is 0 Å². The van der Waals surface area contributed by atoms with Crippen molar-refractivity contribution in [1.82, 2.24) is 25.0 Å². The molecule has 8 nitrogen and oxygen atoms in total. The number of hydrogen-bond acceptors (Lipinski definition) is 7. The van der Waals surface area contributed by atoms with Crippen molar-refractivity contribution in [3.63, 3.8) is 0 Å². The Hall–Kier alpha value is -2.46. The lowest BCUT2D eigenvalue weighted by atomic mass is 10.3. The van der Waals surface area contributed by atoms with E-state index in [4.69, 9.17) is 16.0 Å². The van der Waals surface area contributed by atoms with Gasteiger partial charge in [0, 0.05) is 5.69 Å². The summed E-state index contributed by atoms with van der Waals surface area (Å²) in [7, 11) is 0. The average molecular weight is 383 g/mol. The van der Waals surface area contributed by atoms with Gasteiger partial charge in [-0.15, -0.1) is 10.2 Å². The standard InChI is InChI=1S/C14H12ClFN6O2S/c1-8(13(23)19-9-2-3-11(16)10(15)4-9)25-14-21-20-12(24-14)5-22-7-17-6-18-22/h2-4,6-8H,5H2,1H3,(H,19,23). The van der Waals surface area contributed by atoms with Gasteiger partial charge >= 0.3 is 0 Å². The molecule has 2 aromatic heterocycles. The Morgan fingerprint density at radius 2 is 2.32 bits per heavy atom. The van der Waals surface area contributed by atoms with Crippen LogP contribution < -0.4 is 5.32 Å². The first-order valence-electron chi connectivity index (χ1n) is 7.08. The second-order valence-electron chi connectivity index (χ2n) is 4.93. The van der Waals surface area contributed by atoms with E-state index in [1.165, 1.54) is 35.5 Å². The minimum absolute atomic E-state index is 0.0623. The largest absolute Gasteiger partial charge is 0.414 e. The third-order valence-corrected chi connectivity index (χ3v) is 4.27. The van der Waals surface area contributed by atoms with Gasteiger partial charge in [-0.3, -0.25) is 4.79 Å². The van der Waals surface area contributed by atoms with Crippen LogP contribution in [0.1, 0.15) is 12.8 Å². The van der Waals surface area contributed by atoms with Gasteiger partial charge in [0.05, 0.1) is 10.3 Å². The number of aromatic nitrogens is 5. The molecule has 1 unspecified atom stereocenters. The summed E-state index contributed by atoms with van der Waals surface area (Å²) in [4.78, 5) is 16.0. The van der Waals surface area contributed by atoms with Gasteiger partial charge in [-0.1, -0.05) is 23.4 Å². The van der Waals surface area contributed by atoms with E-state index < -0.39 is 11.1 Å². The summed E-state index contributed by atoms with van der Waals surface area (Å²) in [6.07, 6.45) is 2.93. The Morgan fingerprint density at radius 3 is 3.04 bits per heavy atom. The van der Waals surface area contributed by atoms with Gasteiger partial charge < -0.3 is 9.73 Å². The minimum Gasteiger partial charge on any atom is -0.414 e. The van der Waals surface area contributed by atoms with Crippen LogP contribution in [0.2, 0.25) is 5.02 Å². The van der Waals surface area contributed by atoms with Crippen LogP contribution in [-0.2, 0) is 11.3 Å². The van der Waals surface area contributed by atoms with Gasteiger partial charge in [-0.2, -0.15) is 5.10 Å². The highest BCUT2D eigenvalue weighted by Crippen LogP contribution is 2.24. The smallest absolute Gasteiger partial charge is 0.277 e. The maximum atomic E-state index is 13.1. The van der Waals surface area contributed by atoms with Gasteiger partial charge in [0.15, 0.2) is 0 Å². The highest BCUT2D eigenvalue weighted by Gasteiger charge is 2.19. The Labute approximate surface area is 150 Å². The molecule has 1 amide bonds. The van der Waals surface area contributed by atoms with Crippen LogP contribution >= 0.6 is 23.4 Å². The molecule has 3 rings (SSSR count). The number of carbonyl (C=O) groups excluding carboxylic acids is 1.